The minimum Gasteiger partial charge on any atom is -0.373 e. The maximum atomic E-state index is 11.1. The van der Waals surface area contributed by atoms with E-state index in [4.69, 9.17) is 11.6 Å². The minimum atomic E-state index is -3.01. The van der Waals surface area contributed by atoms with Crippen molar-refractivity contribution >= 4 is 33.4 Å². The highest BCUT2D eigenvalue weighted by Crippen LogP contribution is 2.21. The summed E-state index contributed by atoms with van der Waals surface area (Å²) in [5.41, 5.74) is 1.13. The summed E-state index contributed by atoms with van der Waals surface area (Å²) >= 11 is 5.78. The van der Waals surface area contributed by atoms with E-state index in [2.05, 4.69) is 0 Å². The predicted octanol–water partition coefficient (Wildman–Crippen LogP) is 1.63. The van der Waals surface area contributed by atoms with Crippen molar-refractivity contribution in [1.82, 2.24) is 0 Å². The second-order valence-corrected chi connectivity index (χ2v) is 6.57. The van der Waals surface area contributed by atoms with Gasteiger partial charge in [-0.15, -0.1) is 0 Å². The lowest BCUT2D eigenvalue weighted by Gasteiger charge is -2.20. The monoisotopic (exact) mass is 275 g/mol. The van der Waals surface area contributed by atoms with Gasteiger partial charge in [0.1, 0.15) is 9.84 Å². The number of hydrogen-bond donors (Lipinski definition) is 0. The largest absolute Gasteiger partial charge is 0.373 e. The normalized spacial score (nSPS) is 11.2. The molecule has 0 aromatic heterocycles. The highest BCUT2D eigenvalue weighted by Gasteiger charge is 2.10. The number of carbonyl (C=O) groups excluding carboxylic acids is 1. The van der Waals surface area contributed by atoms with Crippen molar-refractivity contribution in [3.63, 3.8) is 0 Å². The van der Waals surface area contributed by atoms with Crippen LogP contribution in [0.25, 0.3) is 0 Å². The summed E-state index contributed by atoms with van der Waals surface area (Å²) in [6.45, 7) is 0.335. The molecule has 0 heterocycles. The number of nitrogens with zero attached hydrogens (tertiary/aromatic N) is 1. The van der Waals surface area contributed by atoms with Crippen LogP contribution in [0.5, 0.6) is 0 Å². The van der Waals surface area contributed by atoms with Crippen LogP contribution in [0.2, 0.25) is 5.02 Å². The Morgan fingerprint density at radius 1 is 1.41 bits per heavy atom. The first-order valence-corrected chi connectivity index (χ1v) is 7.41. The van der Waals surface area contributed by atoms with E-state index in [1.165, 1.54) is 6.26 Å². The van der Waals surface area contributed by atoms with E-state index in [0.717, 1.165) is 0 Å². The molecule has 1 aromatic carbocycles. The Hall–Kier alpha value is -1.07. The molecule has 0 saturated heterocycles. The molecule has 0 saturated carbocycles. The van der Waals surface area contributed by atoms with Crippen LogP contribution in [0.1, 0.15) is 10.4 Å². The molecule has 0 radical (unpaired) electrons. The van der Waals surface area contributed by atoms with Crippen molar-refractivity contribution in [2.45, 2.75) is 0 Å². The number of aldehydes is 1. The summed E-state index contributed by atoms with van der Waals surface area (Å²) in [6, 6.07) is 4.93. The van der Waals surface area contributed by atoms with Gasteiger partial charge in [0.05, 0.1) is 5.75 Å². The quantitative estimate of drug-likeness (QED) is 0.767. The molecule has 0 aliphatic rings. The summed E-state index contributed by atoms with van der Waals surface area (Å²) in [5.74, 6) is 0.0461. The Balaban J connectivity index is 2.88. The Morgan fingerprint density at radius 2 is 2.06 bits per heavy atom. The van der Waals surface area contributed by atoms with Crippen molar-refractivity contribution in [3.8, 4) is 0 Å². The van der Waals surface area contributed by atoms with Crippen LogP contribution in [0.4, 0.5) is 5.69 Å². The van der Waals surface area contributed by atoms with Crippen LogP contribution in [-0.2, 0) is 9.84 Å². The van der Waals surface area contributed by atoms with E-state index in [1.807, 2.05) is 0 Å². The number of hydrogen-bond acceptors (Lipinski definition) is 4. The van der Waals surface area contributed by atoms with Crippen LogP contribution in [0.15, 0.2) is 18.2 Å². The third kappa shape index (κ3) is 4.36. The highest BCUT2D eigenvalue weighted by molar-refractivity contribution is 7.90. The van der Waals surface area contributed by atoms with Gasteiger partial charge >= 0.3 is 0 Å². The Labute approximate surface area is 106 Å². The highest BCUT2D eigenvalue weighted by atomic mass is 35.5. The third-order valence-electron chi connectivity index (χ3n) is 2.33. The molecule has 0 amide bonds. The van der Waals surface area contributed by atoms with Gasteiger partial charge in [-0.3, -0.25) is 4.79 Å². The average Bonchev–Trinajstić information content (AvgIpc) is 2.24. The maximum absolute atomic E-state index is 11.1. The van der Waals surface area contributed by atoms with Crippen LogP contribution >= 0.6 is 11.6 Å². The van der Waals surface area contributed by atoms with Crippen molar-refractivity contribution < 1.29 is 13.2 Å². The molecule has 0 unspecified atom stereocenters. The van der Waals surface area contributed by atoms with E-state index in [0.29, 0.717) is 29.1 Å². The minimum absolute atomic E-state index is 0.0461. The van der Waals surface area contributed by atoms with E-state index in [-0.39, 0.29) is 5.75 Å². The van der Waals surface area contributed by atoms with E-state index >= 15 is 0 Å². The number of carbonyl (C=O) groups is 1. The molecule has 0 spiro atoms. The number of rotatable bonds is 5. The number of benzene rings is 1. The number of anilines is 1. The van der Waals surface area contributed by atoms with Crippen molar-refractivity contribution in [3.05, 3.63) is 28.8 Å². The zero-order valence-electron chi connectivity index (χ0n) is 9.68. The predicted molar refractivity (Wildman–Crippen MR) is 69.8 cm³/mol. The van der Waals surface area contributed by atoms with Gasteiger partial charge in [-0.2, -0.15) is 0 Å². The van der Waals surface area contributed by atoms with Crippen molar-refractivity contribution in [1.29, 1.82) is 0 Å². The average molecular weight is 276 g/mol. The first kappa shape index (κ1) is 14.0. The third-order valence-corrected chi connectivity index (χ3v) is 3.48. The summed E-state index contributed by atoms with van der Waals surface area (Å²) < 4.78 is 22.1. The zero-order chi connectivity index (χ0) is 13.1. The lowest BCUT2D eigenvalue weighted by Crippen LogP contribution is -2.25. The van der Waals surface area contributed by atoms with Crippen LogP contribution in [-0.4, -0.2) is 40.3 Å². The van der Waals surface area contributed by atoms with Gasteiger partial charge in [-0.1, -0.05) is 11.6 Å². The summed E-state index contributed by atoms with van der Waals surface area (Å²) in [5, 5.41) is 0.479. The molecule has 0 N–H and O–H groups in total. The first-order chi connectivity index (χ1) is 7.83. The SMILES string of the molecule is CN(CCS(C)(=O)=O)c1ccc(Cl)cc1C=O. The fraction of sp³-hybridized carbons (Fsp3) is 0.364. The number of halogens is 1. The molecule has 0 aliphatic heterocycles. The summed E-state index contributed by atoms with van der Waals surface area (Å²) in [4.78, 5) is 12.6. The van der Waals surface area contributed by atoms with E-state index in [1.54, 1.807) is 30.1 Å². The van der Waals surface area contributed by atoms with Gasteiger partial charge < -0.3 is 4.90 Å². The Bertz CT molecular complexity index is 513. The van der Waals surface area contributed by atoms with Crippen LogP contribution in [0.3, 0.4) is 0 Å². The Morgan fingerprint density at radius 3 is 2.59 bits per heavy atom. The van der Waals surface area contributed by atoms with Gasteiger partial charge in [-0.25, -0.2) is 8.42 Å². The van der Waals surface area contributed by atoms with Gasteiger partial charge in [0, 0.05) is 36.1 Å². The molecule has 0 atom stereocenters. The van der Waals surface area contributed by atoms with Gasteiger partial charge in [0.2, 0.25) is 0 Å². The van der Waals surface area contributed by atoms with Crippen LogP contribution < -0.4 is 4.90 Å². The fourth-order valence-corrected chi connectivity index (χ4v) is 2.18. The molecule has 94 valence electrons. The molecule has 0 bridgehead atoms. The Kier molecular flexibility index (Phi) is 4.54. The van der Waals surface area contributed by atoms with E-state index < -0.39 is 9.84 Å². The van der Waals surface area contributed by atoms with Crippen LogP contribution in [0, 0.1) is 0 Å². The standard InChI is InChI=1S/C11H14ClNO3S/c1-13(5-6-17(2,15)16)11-4-3-10(12)7-9(11)8-14/h3-4,7-8H,5-6H2,1-2H3. The second-order valence-electron chi connectivity index (χ2n) is 3.87. The van der Waals surface area contributed by atoms with Crippen molar-refractivity contribution in [2.24, 2.45) is 0 Å². The van der Waals surface area contributed by atoms with Gasteiger partial charge in [0.15, 0.2) is 6.29 Å². The zero-order valence-corrected chi connectivity index (χ0v) is 11.3. The second kappa shape index (κ2) is 5.51. The lowest BCUT2D eigenvalue weighted by molar-refractivity contribution is 0.112. The molecule has 6 heteroatoms. The molecule has 1 aromatic rings. The van der Waals surface area contributed by atoms with Gasteiger partial charge in [-0.05, 0) is 18.2 Å². The molecular weight excluding hydrogens is 262 g/mol. The molecule has 1 rings (SSSR count). The molecular formula is C11H14ClNO3S. The number of sulfone groups is 1. The summed E-state index contributed by atoms with van der Waals surface area (Å²) in [7, 11) is -1.27. The van der Waals surface area contributed by atoms with Gasteiger partial charge in [0.25, 0.3) is 0 Å². The molecule has 4 nitrogen and oxygen atoms in total. The van der Waals surface area contributed by atoms with Crippen molar-refractivity contribution in [2.75, 3.05) is 30.5 Å². The first-order valence-electron chi connectivity index (χ1n) is 4.97. The molecule has 0 aliphatic carbocycles. The fourth-order valence-electron chi connectivity index (χ4n) is 1.39. The molecule has 17 heavy (non-hydrogen) atoms. The van der Waals surface area contributed by atoms with E-state index in [9.17, 15) is 13.2 Å². The lowest BCUT2D eigenvalue weighted by atomic mass is 10.2. The summed E-state index contributed by atoms with van der Waals surface area (Å²) in [6.07, 6.45) is 1.89. The topological polar surface area (TPSA) is 54.5 Å². The maximum Gasteiger partial charge on any atom is 0.152 e. The smallest absolute Gasteiger partial charge is 0.152 e. The molecule has 0 fully saturated rings.